The van der Waals surface area contributed by atoms with Crippen LogP contribution in [-0.2, 0) is 11.3 Å². The molecule has 0 aliphatic carbocycles. The second-order valence-corrected chi connectivity index (χ2v) is 8.83. The van der Waals surface area contributed by atoms with Gasteiger partial charge in [0.2, 0.25) is 5.91 Å². The first-order chi connectivity index (χ1) is 15.5. The fraction of sp³-hybridized carbons (Fsp3) is 0.375. The van der Waals surface area contributed by atoms with Crippen molar-refractivity contribution in [2.75, 3.05) is 39.8 Å². The van der Waals surface area contributed by atoms with Crippen LogP contribution in [-0.4, -0.2) is 70.2 Å². The monoisotopic (exact) mass is 450 g/mol. The number of benzene rings is 2. The van der Waals surface area contributed by atoms with Gasteiger partial charge in [0.1, 0.15) is 6.54 Å². The fourth-order valence-electron chi connectivity index (χ4n) is 4.06. The third-order valence-electron chi connectivity index (χ3n) is 5.91. The number of carbonyl (C=O) groups excluding carboxylic acids is 1. The Hall–Kier alpha value is -2.81. The number of rotatable bonds is 7. The van der Waals surface area contributed by atoms with E-state index in [1.807, 2.05) is 49.4 Å². The lowest BCUT2D eigenvalue weighted by molar-refractivity contribution is -0.122. The molecule has 168 valence electrons. The number of aryl methyl sites for hydroxylation is 1. The molecule has 0 saturated carbocycles. The van der Waals surface area contributed by atoms with Crippen molar-refractivity contribution in [3.63, 3.8) is 0 Å². The molecular formula is C24H30N6OS. The molecule has 1 unspecified atom stereocenters. The number of aromatic amines is 1. The maximum Gasteiger partial charge on any atom is 0.240 e. The summed E-state index contributed by atoms with van der Waals surface area (Å²) in [6.45, 7) is 7.01. The first-order valence-corrected chi connectivity index (χ1v) is 11.4. The van der Waals surface area contributed by atoms with Crippen LogP contribution < -0.4 is 5.32 Å². The van der Waals surface area contributed by atoms with Gasteiger partial charge in [-0.05, 0) is 37.8 Å². The summed E-state index contributed by atoms with van der Waals surface area (Å²) < 4.78 is 2.20. The molecule has 2 N–H and O–H groups in total. The van der Waals surface area contributed by atoms with Gasteiger partial charge in [0.15, 0.2) is 10.6 Å². The predicted octanol–water partition coefficient (Wildman–Crippen LogP) is 3.02. The molecule has 0 spiro atoms. The molecule has 1 amide bonds. The molecule has 1 aliphatic rings. The molecule has 0 radical (unpaired) electrons. The minimum absolute atomic E-state index is 0.0839. The topological polar surface area (TPSA) is 69.2 Å². The van der Waals surface area contributed by atoms with Gasteiger partial charge in [-0.2, -0.15) is 5.10 Å². The van der Waals surface area contributed by atoms with Gasteiger partial charge in [-0.25, -0.2) is 0 Å². The van der Waals surface area contributed by atoms with E-state index in [4.69, 9.17) is 12.2 Å². The smallest absolute Gasteiger partial charge is 0.240 e. The number of aromatic nitrogens is 3. The van der Waals surface area contributed by atoms with E-state index >= 15 is 0 Å². The molecule has 1 fully saturated rings. The van der Waals surface area contributed by atoms with E-state index in [2.05, 4.69) is 44.5 Å². The van der Waals surface area contributed by atoms with Gasteiger partial charge < -0.3 is 10.2 Å². The molecule has 0 bridgehead atoms. The molecule has 2 heterocycles. The minimum atomic E-state index is -0.0874. The Balaban J connectivity index is 1.51. The van der Waals surface area contributed by atoms with E-state index < -0.39 is 0 Å². The Morgan fingerprint density at radius 2 is 1.88 bits per heavy atom. The highest BCUT2D eigenvalue weighted by molar-refractivity contribution is 7.71. The summed E-state index contributed by atoms with van der Waals surface area (Å²) >= 11 is 5.43. The number of nitrogens with one attached hydrogen (secondary N) is 2. The average Bonchev–Trinajstić information content (AvgIpc) is 3.15. The highest BCUT2D eigenvalue weighted by atomic mass is 32.1. The number of hydrogen-bond donors (Lipinski definition) is 2. The highest BCUT2D eigenvalue weighted by Crippen LogP contribution is 2.19. The van der Waals surface area contributed by atoms with Crippen molar-refractivity contribution in [2.45, 2.75) is 19.5 Å². The second-order valence-electron chi connectivity index (χ2n) is 8.44. The Bertz CT molecular complexity index is 1100. The van der Waals surface area contributed by atoms with Crippen molar-refractivity contribution in [3.05, 3.63) is 70.5 Å². The maximum atomic E-state index is 13.1. The molecule has 1 aliphatic heterocycles. The molecule has 8 heteroatoms. The van der Waals surface area contributed by atoms with Crippen LogP contribution in [0, 0.1) is 11.7 Å². The van der Waals surface area contributed by atoms with Crippen LogP contribution in [0.2, 0.25) is 0 Å². The molecule has 3 aromatic rings. The van der Waals surface area contributed by atoms with E-state index in [9.17, 15) is 4.79 Å². The van der Waals surface area contributed by atoms with E-state index in [-0.39, 0.29) is 18.5 Å². The highest BCUT2D eigenvalue weighted by Gasteiger charge is 2.22. The Morgan fingerprint density at radius 1 is 1.12 bits per heavy atom. The molecule has 2 aromatic carbocycles. The van der Waals surface area contributed by atoms with Crippen LogP contribution in [0.4, 0.5) is 0 Å². The van der Waals surface area contributed by atoms with Crippen LogP contribution in [0.25, 0.3) is 11.4 Å². The van der Waals surface area contributed by atoms with Gasteiger partial charge in [-0.1, -0.05) is 54.1 Å². The van der Waals surface area contributed by atoms with Crippen LogP contribution in [0.1, 0.15) is 17.2 Å². The molecule has 4 rings (SSSR count). The lowest BCUT2D eigenvalue weighted by Gasteiger charge is -2.35. The van der Waals surface area contributed by atoms with Crippen molar-refractivity contribution in [1.82, 2.24) is 29.9 Å². The molecular weight excluding hydrogens is 420 g/mol. The van der Waals surface area contributed by atoms with E-state index in [1.54, 1.807) is 4.57 Å². The van der Waals surface area contributed by atoms with Crippen molar-refractivity contribution in [3.8, 4) is 11.4 Å². The number of nitrogens with zero attached hydrogens (tertiary/aromatic N) is 4. The number of likely N-dealkylation sites (N-methyl/N-ethyl adjacent to an activating group) is 1. The fourth-order valence-corrected chi connectivity index (χ4v) is 4.26. The van der Waals surface area contributed by atoms with E-state index in [0.29, 0.717) is 10.6 Å². The molecule has 1 saturated heterocycles. The van der Waals surface area contributed by atoms with Crippen LogP contribution in [0.3, 0.4) is 0 Å². The first kappa shape index (κ1) is 22.4. The standard InChI is InChI=1S/C24H30N6OS/c1-18-7-6-10-20(15-18)23-26-27-24(32)30(23)17-22(31)25-21(19-8-4-3-5-9-19)16-29-13-11-28(2)12-14-29/h3-10,15,21H,11-14,16-17H2,1-2H3,(H,25,31)(H,27,32). The largest absolute Gasteiger partial charge is 0.346 e. The van der Waals surface area contributed by atoms with Crippen LogP contribution in [0.15, 0.2) is 54.6 Å². The Morgan fingerprint density at radius 3 is 2.59 bits per heavy atom. The lowest BCUT2D eigenvalue weighted by Crippen LogP contribution is -2.48. The van der Waals surface area contributed by atoms with Crippen molar-refractivity contribution >= 4 is 18.1 Å². The summed E-state index contributed by atoms with van der Waals surface area (Å²) in [5.74, 6) is 0.587. The van der Waals surface area contributed by atoms with Gasteiger partial charge in [0.25, 0.3) is 0 Å². The van der Waals surface area contributed by atoms with Gasteiger partial charge >= 0.3 is 0 Å². The number of carbonyl (C=O) groups is 1. The minimum Gasteiger partial charge on any atom is -0.346 e. The van der Waals surface area contributed by atoms with Gasteiger partial charge in [-0.15, -0.1) is 0 Å². The molecule has 1 atom stereocenters. The summed E-state index contributed by atoms with van der Waals surface area (Å²) in [5, 5.41) is 10.5. The number of hydrogen-bond acceptors (Lipinski definition) is 5. The summed E-state index contributed by atoms with van der Waals surface area (Å²) in [6, 6.07) is 18.1. The van der Waals surface area contributed by atoms with Crippen LogP contribution in [0.5, 0.6) is 0 Å². The third kappa shape index (κ3) is 5.51. The summed E-state index contributed by atoms with van der Waals surface area (Å²) in [5.41, 5.74) is 3.17. The van der Waals surface area contributed by atoms with E-state index in [0.717, 1.165) is 49.4 Å². The number of amides is 1. The van der Waals surface area contributed by atoms with Gasteiger partial charge in [0, 0.05) is 38.3 Å². The van der Waals surface area contributed by atoms with Crippen molar-refractivity contribution in [1.29, 1.82) is 0 Å². The number of piperazine rings is 1. The van der Waals surface area contributed by atoms with E-state index in [1.165, 1.54) is 0 Å². The third-order valence-corrected chi connectivity index (χ3v) is 6.22. The zero-order valence-electron chi connectivity index (χ0n) is 18.6. The molecule has 7 nitrogen and oxygen atoms in total. The normalized spacial score (nSPS) is 16.1. The lowest BCUT2D eigenvalue weighted by atomic mass is 10.1. The quantitative estimate of drug-likeness (QED) is 0.542. The second kappa shape index (κ2) is 10.2. The Kier molecular flexibility index (Phi) is 7.14. The summed E-state index contributed by atoms with van der Waals surface area (Å²) in [6.07, 6.45) is 0. The average molecular weight is 451 g/mol. The number of H-pyrrole nitrogens is 1. The predicted molar refractivity (Wildman–Crippen MR) is 129 cm³/mol. The Labute approximate surface area is 194 Å². The SMILES string of the molecule is Cc1cccc(-c2n[nH]c(=S)n2CC(=O)NC(CN2CCN(C)CC2)c2ccccc2)c1. The summed E-state index contributed by atoms with van der Waals surface area (Å²) in [7, 11) is 2.15. The summed E-state index contributed by atoms with van der Waals surface area (Å²) in [4.78, 5) is 17.9. The maximum absolute atomic E-state index is 13.1. The zero-order chi connectivity index (χ0) is 22.5. The van der Waals surface area contributed by atoms with Gasteiger partial charge in [-0.3, -0.25) is 19.4 Å². The zero-order valence-corrected chi connectivity index (χ0v) is 19.4. The van der Waals surface area contributed by atoms with Crippen LogP contribution >= 0.6 is 12.2 Å². The van der Waals surface area contributed by atoms with Gasteiger partial charge in [0.05, 0.1) is 6.04 Å². The molecule has 1 aromatic heterocycles. The van der Waals surface area contributed by atoms with Crippen molar-refractivity contribution < 1.29 is 4.79 Å². The first-order valence-electron chi connectivity index (χ1n) is 11.0. The van der Waals surface area contributed by atoms with Crippen molar-refractivity contribution in [2.24, 2.45) is 0 Å². The molecule has 32 heavy (non-hydrogen) atoms.